The van der Waals surface area contributed by atoms with E-state index in [1.54, 1.807) is 17.8 Å². The molecule has 0 saturated heterocycles. The molecule has 1 heterocycles. The van der Waals surface area contributed by atoms with E-state index in [0.29, 0.717) is 23.4 Å². The Balaban J connectivity index is 1.73. The molecule has 0 radical (unpaired) electrons. The first kappa shape index (κ1) is 14.7. The number of halogens is 2. The van der Waals surface area contributed by atoms with E-state index in [1.807, 2.05) is 24.3 Å². The second-order valence-electron chi connectivity index (χ2n) is 4.66. The van der Waals surface area contributed by atoms with Gasteiger partial charge in [0.25, 0.3) is 0 Å². The van der Waals surface area contributed by atoms with Gasteiger partial charge in [0.1, 0.15) is 5.82 Å². The van der Waals surface area contributed by atoms with Gasteiger partial charge in [0, 0.05) is 17.1 Å². The Hall–Kier alpha value is -1.20. The number of rotatable bonds is 3. The lowest BCUT2D eigenvalue weighted by Gasteiger charge is -2.10. The zero-order valence-corrected chi connectivity index (χ0v) is 13.7. The van der Waals surface area contributed by atoms with Crippen molar-refractivity contribution in [1.82, 2.24) is 0 Å². The van der Waals surface area contributed by atoms with Gasteiger partial charge in [-0.1, -0.05) is 12.1 Å². The van der Waals surface area contributed by atoms with Crippen molar-refractivity contribution in [3.63, 3.8) is 0 Å². The van der Waals surface area contributed by atoms with Crippen LogP contribution in [0.1, 0.15) is 12.0 Å². The van der Waals surface area contributed by atoms with Crippen molar-refractivity contribution in [3.05, 3.63) is 52.3 Å². The molecule has 0 saturated carbocycles. The highest BCUT2D eigenvalue weighted by atomic mass is 79.9. The van der Waals surface area contributed by atoms with Crippen molar-refractivity contribution in [2.24, 2.45) is 0 Å². The summed E-state index contributed by atoms with van der Waals surface area (Å²) in [5.41, 5.74) is 0.937. The minimum atomic E-state index is -0.230. The van der Waals surface area contributed by atoms with Crippen LogP contribution in [0.25, 0.3) is 0 Å². The third kappa shape index (κ3) is 3.52. The van der Waals surface area contributed by atoms with E-state index in [0.717, 1.165) is 28.4 Å². The monoisotopic (exact) mass is 368 g/mol. The first-order chi connectivity index (χ1) is 10.2. The summed E-state index contributed by atoms with van der Waals surface area (Å²) in [5.74, 6) is 2.05. The molecular weight excluding hydrogens is 355 g/mol. The molecule has 2 aromatic carbocycles. The van der Waals surface area contributed by atoms with Crippen LogP contribution in [0.15, 0.2) is 45.8 Å². The van der Waals surface area contributed by atoms with Gasteiger partial charge in [0.2, 0.25) is 0 Å². The minimum Gasteiger partial charge on any atom is -0.490 e. The van der Waals surface area contributed by atoms with E-state index in [4.69, 9.17) is 9.47 Å². The van der Waals surface area contributed by atoms with Crippen LogP contribution in [-0.4, -0.2) is 13.2 Å². The van der Waals surface area contributed by atoms with Gasteiger partial charge in [-0.15, -0.1) is 11.8 Å². The summed E-state index contributed by atoms with van der Waals surface area (Å²) >= 11 is 4.93. The maximum Gasteiger partial charge on any atom is 0.162 e. The molecule has 0 aliphatic carbocycles. The van der Waals surface area contributed by atoms with Crippen molar-refractivity contribution in [1.29, 1.82) is 0 Å². The van der Waals surface area contributed by atoms with Crippen molar-refractivity contribution >= 4 is 27.7 Å². The molecule has 0 bridgehead atoms. The molecule has 2 aromatic rings. The SMILES string of the molecule is Fc1cccc(CSc2ccc3c(c2)OCCCO3)c1Br. The highest BCUT2D eigenvalue weighted by Crippen LogP contribution is 2.35. The normalized spacial score (nSPS) is 13.8. The van der Waals surface area contributed by atoms with Crippen LogP contribution in [0.2, 0.25) is 0 Å². The first-order valence-electron chi connectivity index (χ1n) is 6.69. The molecule has 0 amide bonds. The molecule has 0 atom stereocenters. The number of thioether (sulfide) groups is 1. The van der Waals surface area contributed by atoms with E-state index in [1.165, 1.54) is 6.07 Å². The van der Waals surface area contributed by atoms with Crippen molar-refractivity contribution in [3.8, 4) is 11.5 Å². The third-order valence-corrected chi connectivity index (χ3v) is 5.08. The molecule has 2 nitrogen and oxygen atoms in total. The van der Waals surface area contributed by atoms with Crippen LogP contribution in [0, 0.1) is 5.82 Å². The summed E-state index contributed by atoms with van der Waals surface area (Å²) in [6.07, 6.45) is 0.896. The molecular formula is C16H14BrFO2S. The smallest absolute Gasteiger partial charge is 0.162 e. The minimum absolute atomic E-state index is 0.230. The zero-order chi connectivity index (χ0) is 14.7. The van der Waals surface area contributed by atoms with E-state index in [9.17, 15) is 4.39 Å². The molecule has 0 fully saturated rings. The Kier molecular flexibility index (Phi) is 4.70. The van der Waals surface area contributed by atoms with Crippen molar-refractivity contribution < 1.29 is 13.9 Å². The van der Waals surface area contributed by atoms with Gasteiger partial charge in [0.05, 0.1) is 17.7 Å². The van der Waals surface area contributed by atoms with E-state index >= 15 is 0 Å². The standard InChI is InChI=1S/C16H14BrFO2S/c17-16-11(3-1-4-13(16)18)10-21-12-5-6-14-15(9-12)20-8-2-7-19-14/h1,3-6,9H,2,7-8,10H2. The average molecular weight is 369 g/mol. The molecule has 1 aliphatic heterocycles. The van der Waals surface area contributed by atoms with Gasteiger partial charge in [0.15, 0.2) is 11.5 Å². The summed E-state index contributed by atoms with van der Waals surface area (Å²) < 4.78 is 25.3. The summed E-state index contributed by atoms with van der Waals surface area (Å²) in [4.78, 5) is 1.08. The van der Waals surface area contributed by atoms with Crippen molar-refractivity contribution in [2.75, 3.05) is 13.2 Å². The second-order valence-corrected chi connectivity index (χ2v) is 6.50. The highest BCUT2D eigenvalue weighted by Gasteiger charge is 2.11. The highest BCUT2D eigenvalue weighted by molar-refractivity contribution is 9.10. The van der Waals surface area contributed by atoms with E-state index in [2.05, 4.69) is 15.9 Å². The van der Waals surface area contributed by atoms with Gasteiger partial charge >= 0.3 is 0 Å². The van der Waals surface area contributed by atoms with Crippen molar-refractivity contribution in [2.45, 2.75) is 17.1 Å². The number of fused-ring (bicyclic) bond motifs is 1. The topological polar surface area (TPSA) is 18.5 Å². The van der Waals surface area contributed by atoms with E-state index in [-0.39, 0.29) is 5.82 Å². The molecule has 0 N–H and O–H groups in total. The first-order valence-corrected chi connectivity index (χ1v) is 8.47. The summed E-state index contributed by atoms with van der Waals surface area (Å²) in [7, 11) is 0. The summed E-state index contributed by atoms with van der Waals surface area (Å²) in [6, 6.07) is 11.0. The lowest BCUT2D eigenvalue weighted by molar-refractivity contribution is 0.297. The third-order valence-electron chi connectivity index (χ3n) is 3.14. The van der Waals surface area contributed by atoms with Crippen LogP contribution in [0.3, 0.4) is 0 Å². The van der Waals surface area contributed by atoms with Crippen LogP contribution >= 0.6 is 27.7 Å². The van der Waals surface area contributed by atoms with Crippen LogP contribution in [0.4, 0.5) is 4.39 Å². The fourth-order valence-electron chi connectivity index (χ4n) is 2.05. The Bertz CT molecular complexity index is 648. The molecule has 5 heteroatoms. The largest absolute Gasteiger partial charge is 0.490 e. The molecule has 0 aromatic heterocycles. The van der Waals surface area contributed by atoms with Gasteiger partial charge in [-0.3, -0.25) is 0 Å². The molecule has 3 rings (SSSR count). The Labute approximate surface area is 135 Å². The predicted octanol–water partition coefficient (Wildman–Crippen LogP) is 5.04. The maximum atomic E-state index is 13.5. The fraction of sp³-hybridized carbons (Fsp3) is 0.250. The Morgan fingerprint density at radius 1 is 1.10 bits per heavy atom. The number of hydrogen-bond acceptors (Lipinski definition) is 3. The second kappa shape index (κ2) is 6.71. The van der Waals surface area contributed by atoms with Gasteiger partial charge in [-0.05, 0) is 45.8 Å². The molecule has 0 unspecified atom stereocenters. The lowest BCUT2D eigenvalue weighted by Crippen LogP contribution is -1.97. The molecule has 110 valence electrons. The average Bonchev–Trinajstić information content (AvgIpc) is 2.73. The summed E-state index contributed by atoms with van der Waals surface area (Å²) in [5, 5.41) is 0. The van der Waals surface area contributed by atoms with Gasteiger partial charge < -0.3 is 9.47 Å². The summed E-state index contributed by atoms with van der Waals surface area (Å²) in [6.45, 7) is 1.37. The number of hydrogen-bond donors (Lipinski definition) is 0. The Morgan fingerprint density at radius 3 is 2.76 bits per heavy atom. The maximum absolute atomic E-state index is 13.5. The lowest BCUT2D eigenvalue weighted by atomic mass is 10.2. The number of benzene rings is 2. The zero-order valence-electron chi connectivity index (χ0n) is 11.3. The molecule has 1 aliphatic rings. The molecule has 0 spiro atoms. The van der Waals surface area contributed by atoms with Crippen LogP contribution in [-0.2, 0) is 5.75 Å². The quantitative estimate of drug-likeness (QED) is 0.706. The van der Waals surface area contributed by atoms with Crippen LogP contribution < -0.4 is 9.47 Å². The van der Waals surface area contributed by atoms with E-state index < -0.39 is 0 Å². The predicted molar refractivity (Wildman–Crippen MR) is 85.7 cm³/mol. The number of ether oxygens (including phenoxy) is 2. The van der Waals surface area contributed by atoms with Gasteiger partial charge in [-0.25, -0.2) is 4.39 Å². The van der Waals surface area contributed by atoms with Crippen LogP contribution in [0.5, 0.6) is 11.5 Å². The van der Waals surface area contributed by atoms with Gasteiger partial charge in [-0.2, -0.15) is 0 Å². The fourth-order valence-corrected chi connectivity index (χ4v) is 3.56. The molecule has 21 heavy (non-hydrogen) atoms. The Morgan fingerprint density at radius 2 is 1.90 bits per heavy atom.